The molecule has 200 valence electrons. The molecule has 1 aromatic carbocycles. The Morgan fingerprint density at radius 1 is 1.06 bits per heavy atom. The van der Waals surface area contributed by atoms with Gasteiger partial charge in [0.25, 0.3) is 5.91 Å². The molecule has 0 aliphatic heterocycles. The molecule has 0 saturated carbocycles. The quantitative estimate of drug-likeness (QED) is 0.304. The van der Waals surface area contributed by atoms with Crippen LogP contribution in [0.4, 0.5) is 4.79 Å². The lowest BCUT2D eigenvalue weighted by Gasteiger charge is -2.29. The number of ether oxygens (including phenoxy) is 4. The third-order valence-electron chi connectivity index (χ3n) is 5.53. The molecule has 0 spiro atoms. The van der Waals surface area contributed by atoms with Gasteiger partial charge < -0.3 is 24.3 Å². The Balaban J connectivity index is 3.07. The van der Waals surface area contributed by atoms with Crippen molar-refractivity contribution in [2.75, 3.05) is 41.6 Å². The van der Waals surface area contributed by atoms with Crippen molar-refractivity contribution in [3.8, 4) is 11.5 Å². The van der Waals surface area contributed by atoms with Crippen LogP contribution in [0.1, 0.15) is 53.0 Å². The van der Waals surface area contributed by atoms with Crippen LogP contribution in [-0.4, -0.2) is 70.3 Å². The molecule has 0 aliphatic carbocycles. The molecular weight excluding hydrogens is 452 g/mol. The van der Waals surface area contributed by atoms with Crippen molar-refractivity contribution >= 4 is 12.0 Å². The first-order valence-corrected chi connectivity index (χ1v) is 12.0. The number of amides is 2. The van der Waals surface area contributed by atoms with Crippen molar-refractivity contribution < 1.29 is 33.4 Å². The monoisotopic (exact) mass is 496 g/mol. The number of nitrogens with one attached hydrogen (secondary N) is 1. The van der Waals surface area contributed by atoms with Crippen molar-refractivity contribution in [2.45, 2.75) is 65.5 Å². The number of hydrogen-bond donors (Lipinski definition) is 1. The molecule has 9 heteroatoms. The molecule has 0 saturated heterocycles. The summed E-state index contributed by atoms with van der Waals surface area (Å²) >= 11 is 0. The van der Waals surface area contributed by atoms with Gasteiger partial charge in [-0.2, -0.15) is 0 Å². The van der Waals surface area contributed by atoms with Crippen LogP contribution in [0.2, 0.25) is 0 Å². The van der Waals surface area contributed by atoms with Gasteiger partial charge in [0, 0.05) is 27.2 Å². The molecule has 35 heavy (non-hydrogen) atoms. The molecule has 2 amide bonds. The zero-order chi connectivity index (χ0) is 26.6. The maximum Gasteiger partial charge on any atom is 0.408 e. The molecule has 0 aliphatic rings. The van der Waals surface area contributed by atoms with Crippen LogP contribution >= 0.6 is 0 Å². The average Bonchev–Trinajstić information content (AvgIpc) is 2.78. The molecule has 1 N–H and O–H groups in total. The van der Waals surface area contributed by atoms with Crippen molar-refractivity contribution in [1.82, 2.24) is 10.4 Å². The van der Waals surface area contributed by atoms with Crippen LogP contribution in [0, 0.1) is 11.8 Å². The van der Waals surface area contributed by atoms with Gasteiger partial charge in [0.15, 0.2) is 11.5 Å². The van der Waals surface area contributed by atoms with Gasteiger partial charge in [-0.3, -0.25) is 9.63 Å². The number of methoxy groups -OCH3 is 2. The Kier molecular flexibility index (Phi) is 12.9. The fourth-order valence-electron chi connectivity index (χ4n) is 3.52. The van der Waals surface area contributed by atoms with Crippen LogP contribution in [-0.2, 0) is 25.5 Å². The van der Waals surface area contributed by atoms with E-state index >= 15 is 0 Å². The summed E-state index contributed by atoms with van der Waals surface area (Å²) in [6.45, 7) is 10.7. The Labute approximate surface area is 210 Å². The van der Waals surface area contributed by atoms with Gasteiger partial charge in [0.2, 0.25) is 0 Å². The minimum Gasteiger partial charge on any atom is -0.493 e. The van der Waals surface area contributed by atoms with Gasteiger partial charge in [0.1, 0.15) is 11.6 Å². The first kappa shape index (κ1) is 30.5. The summed E-state index contributed by atoms with van der Waals surface area (Å²) in [6, 6.07) is 5.06. The van der Waals surface area contributed by atoms with Crippen LogP contribution in [0.3, 0.4) is 0 Å². The van der Waals surface area contributed by atoms with Gasteiger partial charge in [0.05, 0.1) is 20.8 Å². The minimum absolute atomic E-state index is 0.0823. The third-order valence-corrected chi connectivity index (χ3v) is 5.53. The van der Waals surface area contributed by atoms with Gasteiger partial charge in [-0.15, -0.1) is 0 Å². The number of alkyl carbamates (subject to hydrolysis) is 1. The fraction of sp³-hybridized carbons (Fsp3) is 0.692. The minimum atomic E-state index is -0.801. The molecule has 1 rings (SSSR count). The highest BCUT2D eigenvalue weighted by molar-refractivity contribution is 5.84. The van der Waals surface area contributed by atoms with Crippen molar-refractivity contribution in [3.05, 3.63) is 23.8 Å². The van der Waals surface area contributed by atoms with Crippen LogP contribution < -0.4 is 14.8 Å². The van der Waals surface area contributed by atoms with Gasteiger partial charge in [-0.1, -0.05) is 19.9 Å². The predicted molar refractivity (Wildman–Crippen MR) is 135 cm³/mol. The number of carbonyl (C=O) groups is 2. The molecule has 0 aromatic heterocycles. The second kappa shape index (κ2) is 14.8. The van der Waals surface area contributed by atoms with E-state index in [1.54, 1.807) is 35.0 Å². The number of nitrogens with zero attached hydrogens (tertiary/aromatic N) is 1. The van der Waals surface area contributed by atoms with E-state index in [1.165, 1.54) is 14.2 Å². The summed E-state index contributed by atoms with van der Waals surface area (Å²) in [7, 11) is 6.20. The van der Waals surface area contributed by atoms with Gasteiger partial charge in [-0.05, 0) is 63.1 Å². The maximum absolute atomic E-state index is 13.0. The third kappa shape index (κ3) is 11.2. The van der Waals surface area contributed by atoms with Gasteiger partial charge in [-0.25, -0.2) is 9.86 Å². The Morgan fingerprint density at radius 2 is 1.74 bits per heavy atom. The number of hydroxylamine groups is 2. The van der Waals surface area contributed by atoms with E-state index in [4.69, 9.17) is 23.8 Å². The van der Waals surface area contributed by atoms with Crippen LogP contribution in [0.15, 0.2) is 18.2 Å². The number of likely N-dealkylation sites (N-methyl/N-ethyl adjacent to an activating group) is 1. The Morgan fingerprint density at radius 3 is 2.29 bits per heavy atom. The summed E-state index contributed by atoms with van der Waals surface area (Å²) in [4.78, 5) is 30.5. The summed E-state index contributed by atoms with van der Waals surface area (Å²) in [6.07, 6.45) is 1.23. The molecule has 9 nitrogen and oxygen atoms in total. The van der Waals surface area contributed by atoms with Crippen molar-refractivity contribution in [2.24, 2.45) is 11.8 Å². The van der Waals surface area contributed by atoms with Crippen molar-refractivity contribution in [3.63, 3.8) is 0 Å². The van der Waals surface area contributed by atoms with E-state index in [0.717, 1.165) is 17.0 Å². The standard InChI is InChI=1S/C26H44N2O7/c1-18(2)20(15-19-11-12-22(32-8)23(16-19)34-14-10-13-31-7)17-21(24(29)28(6)33-9)27-25(30)35-26(3,4)5/h11-12,16,18,20-21H,10,13-15,17H2,1-9H3,(H,27,30)/t20-,21-/m0/s1. The van der Waals surface area contributed by atoms with E-state index in [1.807, 2.05) is 18.2 Å². The lowest BCUT2D eigenvalue weighted by Crippen LogP contribution is -2.49. The molecule has 0 radical (unpaired) electrons. The summed E-state index contributed by atoms with van der Waals surface area (Å²) in [5, 5.41) is 3.86. The molecule has 0 unspecified atom stereocenters. The van der Waals surface area contributed by atoms with E-state index < -0.39 is 17.7 Å². The number of carbonyl (C=O) groups excluding carboxylic acids is 2. The lowest BCUT2D eigenvalue weighted by atomic mass is 9.84. The highest BCUT2D eigenvalue weighted by Gasteiger charge is 2.30. The normalized spacial score (nSPS) is 13.2. The second-order valence-electron chi connectivity index (χ2n) is 9.84. The molecular formula is C26H44N2O7. The molecule has 1 aromatic rings. The fourth-order valence-corrected chi connectivity index (χ4v) is 3.52. The van der Waals surface area contributed by atoms with E-state index in [2.05, 4.69) is 19.2 Å². The molecule has 0 bridgehead atoms. The first-order chi connectivity index (χ1) is 16.4. The maximum atomic E-state index is 13.0. The number of rotatable bonds is 14. The highest BCUT2D eigenvalue weighted by Crippen LogP contribution is 2.31. The van der Waals surface area contributed by atoms with E-state index in [9.17, 15) is 9.59 Å². The van der Waals surface area contributed by atoms with E-state index in [-0.39, 0.29) is 17.7 Å². The van der Waals surface area contributed by atoms with E-state index in [0.29, 0.717) is 37.6 Å². The summed E-state index contributed by atoms with van der Waals surface area (Å²) < 4.78 is 21.8. The smallest absolute Gasteiger partial charge is 0.408 e. The Bertz CT molecular complexity index is 792. The average molecular weight is 497 g/mol. The highest BCUT2D eigenvalue weighted by atomic mass is 16.7. The number of benzene rings is 1. The number of hydrogen-bond acceptors (Lipinski definition) is 7. The molecule has 2 atom stereocenters. The SMILES string of the molecule is COCCCOc1cc(C[C@@H](C[C@H](NC(=O)OC(C)(C)C)C(=O)N(C)OC)C(C)C)ccc1OC. The Hall–Kier alpha value is -2.52. The largest absolute Gasteiger partial charge is 0.493 e. The van der Waals surface area contributed by atoms with Crippen LogP contribution in [0.5, 0.6) is 11.5 Å². The molecule has 0 heterocycles. The summed E-state index contributed by atoms with van der Waals surface area (Å²) in [5.74, 6) is 1.31. The van der Waals surface area contributed by atoms with Gasteiger partial charge >= 0.3 is 6.09 Å². The first-order valence-electron chi connectivity index (χ1n) is 12.0. The lowest BCUT2D eigenvalue weighted by molar-refractivity contribution is -0.171. The molecule has 0 fully saturated rings. The topological polar surface area (TPSA) is 95.6 Å². The second-order valence-corrected chi connectivity index (χ2v) is 9.84. The summed E-state index contributed by atoms with van der Waals surface area (Å²) in [5.41, 5.74) is 0.375. The van der Waals surface area contributed by atoms with Crippen molar-refractivity contribution in [1.29, 1.82) is 0 Å². The van der Waals surface area contributed by atoms with Crippen LogP contribution in [0.25, 0.3) is 0 Å². The zero-order valence-electron chi connectivity index (χ0n) is 22.8. The predicted octanol–water partition coefficient (Wildman–Crippen LogP) is 4.23. The zero-order valence-corrected chi connectivity index (χ0v) is 22.8.